The number of aliphatic hydroxyl groups excluding tert-OH is 1. The van der Waals surface area contributed by atoms with E-state index in [9.17, 15) is 18.3 Å². The Bertz CT molecular complexity index is 261. The minimum absolute atomic E-state index is 0.00845. The van der Waals surface area contributed by atoms with Gasteiger partial charge in [-0.2, -0.15) is 13.2 Å². The maximum absolute atomic E-state index is 12.0. The van der Waals surface area contributed by atoms with Gasteiger partial charge in [0.15, 0.2) is 0 Å². The fraction of sp³-hybridized carbons (Fsp3) is 1.00. The van der Waals surface area contributed by atoms with Crippen molar-refractivity contribution in [3.8, 4) is 0 Å². The highest BCUT2D eigenvalue weighted by atomic mass is 19.4. The first kappa shape index (κ1) is 16.7. The predicted molar refractivity (Wildman–Crippen MR) is 67.0 cm³/mol. The molecule has 0 heterocycles. The van der Waals surface area contributed by atoms with E-state index in [4.69, 9.17) is 4.74 Å². The van der Waals surface area contributed by atoms with Crippen molar-refractivity contribution >= 4 is 0 Å². The van der Waals surface area contributed by atoms with Gasteiger partial charge in [-0.15, -0.1) is 0 Å². The van der Waals surface area contributed by atoms with E-state index in [1.165, 1.54) is 0 Å². The van der Waals surface area contributed by atoms with E-state index >= 15 is 0 Å². The molecule has 3 nitrogen and oxygen atoms in total. The first-order valence-electron chi connectivity index (χ1n) is 6.95. The zero-order valence-electron chi connectivity index (χ0n) is 11.4. The molecule has 114 valence electrons. The first-order valence-corrected chi connectivity index (χ1v) is 6.95. The van der Waals surface area contributed by atoms with Gasteiger partial charge < -0.3 is 15.2 Å². The number of ether oxygens (including phenoxy) is 1. The van der Waals surface area contributed by atoms with Gasteiger partial charge in [-0.1, -0.05) is 6.92 Å². The quantitative estimate of drug-likeness (QED) is 0.673. The van der Waals surface area contributed by atoms with Crippen LogP contribution in [0.3, 0.4) is 0 Å². The second-order valence-corrected chi connectivity index (χ2v) is 5.32. The smallest absolute Gasteiger partial charge is 0.389 e. The third kappa shape index (κ3) is 6.10. The number of aliphatic hydroxyl groups is 1. The Hall–Kier alpha value is -0.330. The molecular weight excluding hydrogens is 259 g/mol. The molecule has 0 spiro atoms. The molecule has 0 saturated heterocycles. The van der Waals surface area contributed by atoms with Crippen LogP contribution in [-0.4, -0.2) is 42.7 Å². The number of hydrogen-bond acceptors (Lipinski definition) is 3. The minimum Gasteiger partial charge on any atom is -0.394 e. The summed E-state index contributed by atoms with van der Waals surface area (Å²) in [5.74, 6) is 0. The Morgan fingerprint density at radius 2 is 2.16 bits per heavy atom. The molecule has 1 saturated carbocycles. The molecule has 0 aromatic heterocycles. The highest BCUT2D eigenvalue weighted by Crippen LogP contribution is 2.32. The van der Waals surface area contributed by atoms with Gasteiger partial charge >= 0.3 is 6.18 Å². The van der Waals surface area contributed by atoms with Crippen LogP contribution >= 0.6 is 0 Å². The van der Waals surface area contributed by atoms with Gasteiger partial charge in [0.05, 0.1) is 12.7 Å². The van der Waals surface area contributed by atoms with E-state index in [1.807, 2.05) is 0 Å². The van der Waals surface area contributed by atoms with Crippen molar-refractivity contribution in [3.63, 3.8) is 0 Å². The van der Waals surface area contributed by atoms with Gasteiger partial charge in [0.25, 0.3) is 0 Å². The third-order valence-electron chi connectivity index (χ3n) is 3.57. The van der Waals surface area contributed by atoms with Gasteiger partial charge in [-0.05, 0) is 38.6 Å². The molecule has 2 atom stereocenters. The molecule has 2 N–H and O–H groups in total. The Labute approximate surface area is 112 Å². The summed E-state index contributed by atoms with van der Waals surface area (Å²) >= 11 is 0. The summed E-state index contributed by atoms with van der Waals surface area (Å²) in [4.78, 5) is 0. The lowest BCUT2D eigenvalue weighted by atomic mass is 9.98. The average Bonchev–Trinajstić information content (AvgIpc) is 2.75. The zero-order chi connectivity index (χ0) is 14.4. The van der Waals surface area contributed by atoms with E-state index in [2.05, 4.69) is 12.2 Å². The van der Waals surface area contributed by atoms with Crippen LogP contribution < -0.4 is 5.32 Å². The highest BCUT2D eigenvalue weighted by Gasteiger charge is 2.38. The van der Waals surface area contributed by atoms with E-state index in [0.717, 1.165) is 25.8 Å². The molecule has 0 bridgehead atoms. The molecule has 2 unspecified atom stereocenters. The van der Waals surface area contributed by atoms with Crippen molar-refractivity contribution in [1.29, 1.82) is 0 Å². The topological polar surface area (TPSA) is 41.5 Å². The SMILES string of the molecule is CCCNC1(CO)CCC(OCCCC(F)(F)F)C1. The normalized spacial score (nSPS) is 27.9. The lowest BCUT2D eigenvalue weighted by molar-refractivity contribution is -0.138. The molecule has 1 aliphatic rings. The molecule has 0 aliphatic heterocycles. The van der Waals surface area contributed by atoms with Gasteiger partial charge in [0, 0.05) is 18.6 Å². The molecule has 0 aromatic rings. The Morgan fingerprint density at radius 1 is 1.42 bits per heavy atom. The molecule has 19 heavy (non-hydrogen) atoms. The molecular formula is C13H24F3NO2. The summed E-state index contributed by atoms with van der Waals surface area (Å²) in [5, 5.41) is 12.8. The first-order chi connectivity index (χ1) is 8.91. The second-order valence-electron chi connectivity index (χ2n) is 5.32. The Morgan fingerprint density at radius 3 is 2.74 bits per heavy atom. The Kier molecular flexibility index (Phi) is 6.56. The van der Waals surface area contributed by atoms with E-state index < -0.39 is 12.6 Å². The van der Waals surface area contributed by atoms with Gasteiger partial charge in [-0.25, -0.2) is 0 Å². The van der Waals surface area contributed by atoms with Gasteiger partial charge in [0.1, 0.15) is 0 Å². The Balaban J connectivity index is 2.23. The number of hydrogen-bond donors (Lipinski definition) is 2. The van der Waals surface area contributed by atoms with Crippen LogP contribution in [0.15, 0.2) is 0 Å². The monoisotopic (exact) mass is 283 g/mol. The second kappa shape index (κ2) is 7.45. The van der Waals surface area contributed by atoms with Gasteiger partial charge in [-0.3, -0.25) is 0 Å². The van der Waals surface area contributed by atoms with Crippen LogP contribution in [0.5, 0.6) is 0 Å². The number of nitrogens with one attached hydrogen (secondary N) is 1. The summed E-state index contributed by atoms with van der Waals surface area (Å²) in [5.41, 5.74) is -0.301. The summed E-state index contributed by atoms with van der Waals surface area (Å²) in [6, 6.07) is 0. The standard InChI is InChI=1S/C13H24F3NO2/c1-2-7-17-12(10-18)6-4-11(9-12)19-8-3-5-13(14,15)16/h11,17-18H,2-10H2,1H3. The average molecular weight is 283 g/mol. The van der Waals surface area contributed by atoms with Gasteiger partial charge in [0.2, 0.25) is 0 Å². The molecule has 1 rings (SSSR count). The maximum atomic E-state index is 12.0. The largest absolute Gasteiger partial charge is 0.394 e. The summed E-state index contributed by atoms with van der Waals surface area (Å²) in [7, 11) is 0. The molecule has 6 heteroatoms. The molecule has 0 aromatic carbocycles. The van der Waals surface area contributed by atoms with Crippen LogP contribution in [0.25, 0.3) is 0 Å². The van der Waals surface area contributed by atoms with Crippen molar-refractivity contribution in [2.45, 2.75) is 63.3 Å². The lowest BCUT2D eigenvalue weighted by Crippen LogP contribution is -2.47. The maximum Gasteiger partial charge on any atom is 0.389 e. The van der Waals surface area contributed by atoms with Crippen LogP contribution in [0.4, 0.5) is 13.2 Å². The van der Waals surface area contributed by atoms with Crippen molar-refractivity contribution < 1.29 is 23.0 Å². The number of halogens is 3. The van der Waals surface area contributed by atoms with Crippen molar-refractivity contribution in [3.05, 3.63) is 0 Å². The minimum atomic E-state index is -4.10. The highest BCUT2D eigenvalue weighted by molar-refractivity contribution is 4.96. The third-order valence-corrected chi connectivity index (χ3v) is 3.57. The fourth-order valence-electron chi connectivity index (χ4n) is 2.49. The summed E-state index contributed by atoms with van der Waals surface area (Å²) in [6.45, 7) is 3.08. The van der Waals surface area contributed by atoms with E-state index in [-0.39, 0.29) is 31.3 Å². The van der Waals surface area contributed by atoms with Crippen LogP contribution in [0.2, 0.25) is 0 Å². The molecule has 0 radical (unpaired) electrons. The molecule has 1 aliphatic carbocycles. The molecule has 0 amide bonds. The van der Waals surface area contributed by atoms with E-state index in [0.29, 0.717) is 6.42 Å². The fourth-order valence-corrected chi connectivity index (χ4v) is 2.49. The lowest BCUT2D eigenvalue weighted by Gasteiger charge is -2.28. The summed E-state index contributed by atoms with van der Waals surface area (Å²) < 4.78 is 41.4. The molecule has 1 fully saturated rings. The van der Waals surface area contributed by atoms with Crippen LogP contribution in [-0.2, 0) is 4.74 Å². The van der Waals surface area contributed by atoms with Crippen LogP contribution in [0.1, 0.15) is 45.4 Å². The van der Waals surface area contributed by atoms with E-state index in [1.54, 1.807) is 0 Å². The van der Waals surface area contributed by atoms with Crippen molar-refractivity contribution in [2.75, 3.05) is 19.8 Å². The predicted octanol–water partition coefficient (Wildman–Crippen LogP) is 2.63. The van der Waals surface area contributed by atoms with Crippen molar-refractivity contribution in [1.82, 2.24) is 5.32 Å². The number of alkyl halides is 3. The zero-order valence-corrected chi connectivity index (χ0v) is 11.4. The number of rotatable bonds is 8. The van der Waals surface area contributed by atoms with Crippen LogP contribution in [0, 0.1) is 0 Å². The summed E-state index contributed by atoms with van der Waals surface area (Å²) in [6.07, 6.45) is -1.65. The van der Waals surface area contributed by atoms with Crippen molar-refractivity contribution in [2.24, 2.45) is 0 Å².